The van der Waals surface area contributed by atoms with Crippen molar-refractivity contribution in [3.63, 3.8) is 0 Å². The van der Waals surface area contributed by atoms with Gasteiger partial charge in [-0.3, -0.25) is 10.1 Å². The van der Waals surface area contributed by atoms with E-state index in [1.54, 1.807) is 0 Å². The van der Waals surface area contributed by atoms with Crippen LogP contribution in [0.15, 0.2) is 28.7 Å². The molecule has 0 radical (unpaired) electrons. The van der Waals surface area contributed by atoms with Gasteiger partial charge in [0.25, 0.3) is 5.91 Å². The smallest absolute Gasteiger partial charge is 0.322 e. The van der Waals surface area contributed by atoms with Crippen molar-refractivity contribution in [3.8, 4) is 5.75 Å². The number of quaternary nitrogens is 1. The summed E-state index contributed by atoms with van der Waals surface area (Å²) in [6.07, 6.45) is 0. The van der Waals surface area contributed by atoms with Gasteiger partial charge in [-0.2, -0.15) is 0 Å². The lowest BCUT2D eigenvalue weighted by atomic mass is 10.1. The van der Waals surface area contributed by atoms with Crippen molar-refractivity contribution in [2.75, 3.05) is 26.7 Å². The monoisotopic (exact) mass is 386 g/mol. The van der Waals surface area contributed by atoms with Crippen LogP contribution in [-0.2, 0) is 4.79 Å². The van der Waals surface area contributed by atoms with Crippen LogP contribution in [0.1, 0.15) is 20.8 Å². The number of nitrogens with one attached hydrogen (secondary N) is 3. The fourth-order valence-corrected chi connectivity index (χ4v) is 2.04. The van der Waals surface area contributed by atoms with Crippen LogP contribution in [-0.4, -0.2) is 44.2 Å². The van der Waals surface area contributed by atoms with Crippen LogP contribution >= 0.6 is 15.9 Å². The van der Waals surface area contributed by atoms with E-state index in [0.717, 1.165) is 15.1 Å². The molecule has 0 fully saturated rings. The van der Waals surface area contributed by atoms with Gasteiger partial charge in [-0.1, -0.05) is 15.9 Å². The number of imide groups is 1. The highest BCUT2D eigenvalue weighted by Crippen LogP contribution is 2.15. The number of amides is 3. The van der Waals surface area contributed by atoms with Gasteiger partial charge < -0.3 is 15.0 Å². The Morgan fingerprint density at radius 1 is 1.22 bits per heavy atom. The Bertz CT molecular complexity index is 526. The standard InChI is InChI=1S/C16H24BrN3O3/c1-16(2,3)19-15(22)18-14(21)11-20(4)9-10-23-13-7-5-12(17)6-8-13/h5-8H,9-11H2,1-4H3,(H2,18,19,21,22)/p+1. The van der Waals surface area contributed by atoms with Gasteiger partial charge in [0.05, 0.1) is 7.05 Å². The molecule has 6 nitrogen and oxygen atoms in total. The number of ether oxygens (including phenoxy) is 1. The maximum Gasteiger partial charge on any atom is 0.322 e. The summed E-state index contributed by atoms with van der Waals surface area (Å²) < 4.78 is 6.61. The Morgan fingerprint density at radius 3 is 2.39 bits per heavy atom. The molecule has 3 N–H and O–H groups in total. The van der Waals surface area contributed by atoms with Gasteiger partial charge in [0.15, 0.2) is 6.54 Å². The average molecular weight is 387 g/mol. The van der Waals surface area contributed by atoms with Crippen LogP contribution in [0.4, 0.5) is 4.79 Å². The molecule has 1 rings (SSSR count). The molecule has 0 saturated carbocycles. The molecule has 1 unspecified atom stereocenters. The van der Waals surface area contributed by atoms with E-state index in [9.17, 15) is 9.59 Å². The molecular weight excluding hydrogens is 362 g/mol. The summed E-state index contributed by atoms with van der Waals surface area (Å²) in [5.74, 6) is 0.475. The fraction of sp³-hybridized carbons (Fsp3) is 0.500. The minimum absolute atomic E-state index is 0.210. The molecule has 0 bridgehead atoms. The molecule has 0 spiro atoms. The van der Waals surface area contributed by atoms with Gasteiger partial charge >= 0.3 is 6.03 Å². The summed E-state index contributed by atoms with van der Waals surface area (Å²) >= 11 is 3.36. The van der Waals surface area contributed by atoms with Crippen molar-refractivity contribution >= 4 is 27.9 Å². The Morgan fingerprint density at radius 2 is 1.83 bits per heavy atom. The first kappa shape index (κ1) is 19.4. The van der Waals surface area contributed by atoms with E-state index >= 15 is 0 Å². The number of likely N-dealkylation sites (N-methyl/N-ethyl adjacent to an activating group) is 1. The van der Waals surface area contributed by atoms with Crippen molar-refractivity contribution < 1.29 is 19.2 Å². The highest BCUT2D eigenvalue weighted by Gasteiger charge is 2.17. The minimum Gasteiger partial charge on any atom is -0.488 e. The van der Waals surface area contributed by atoms with Crippen molar-refractivity contribution in [2.24, 2.45) is 0 Å². The third-order valence-corrected chi connectivity index (χ3v) is 3.34. The van der Waals surface area contributed by atoms with E-state index in [2.05, 4.69) is 26.6 Å². The Kier molecular flexibility index (Phi) is 7.51. The van der Waals surface area contributed by atoms with Crippen LogP contribution < -0.4 is 20.3 Å². The first-order valence-corrected chi connectivity index (χ1v) is 8.27. The molecule has 128 valence electrons. The molecule has 3 amide bonds. The second kappa shape index (κ2) is 8.88. The quantitative estimate of drug-likeness (QED) is 0.681. The number of urea groups is 1. The van der Waals surface area contributed by atoms with Crippen molar-refractivity contribution in [1.29, 1.82) is 0 Å². The molecule has 1 aromatic rings. The van der Waals surface area contributed by atoms with E-state index in [0.29, 0.717) is 13.2 Å². The summed E-state index contributed by atoms with van der Waals surface area (Å²) in [6.45, 7) is 6.93. The number of hydrogen-bond donors (Lipinski definition) is 3. The number of benzene rings is 1. The van der Waals surface area contributed by atoms with E-state index < -0.39 is 6.03 Å². The lowest BCUT2D eigenvalue weighted by molar-refractivity contribution is -0.871. The molecule has 1 aromatic carbocycles. The second-order valence-corrected chi connectivity index (χ2v) is 7.35. The van der Waals surface area contributed by atoms with Gasteiger partial charge in [-0.25, -0.2) is 4.79 Å². The topological polar surface area (TPSA) is 71.9 Å². The predicted octanol–water partition coefficient (Wildman–Crippen LogP) is 0.967. The normalized spacial score (nSPS) is 12.4. The largest absolute Gasteiger partial charge is 0.488 e. The number of halogens is 1. The van der Waals surface area contributed by atoms with Crippen molar-refractivity contribution in [1.82, 2.24) is 10.6 Å². The predicted molar refractivity (Wildman–Crippen MR) is 92.7 cm³/mol. The van der Waals surface area contributed by atoms with Gasteiger partial charge in [-0.05, 0) is 45.0 Å². The first-order chi connectivity index (χ1) is 10.7. The van der Waals surface area contributed by atoms with Crippen molar-refractivity contribution in [3.05, 3.63) is 28.7 Å². The third kappa shape index (κ3) is 9.20. The van der Waals surface area contributed by atoms with E-state index in [4.69, 9.17) is 4.74 Å². The molecule has 0 saturated heterocycles. The summed E-state index contributed by atoms with van der Waals surface area (Å²) in [5, 5.41) is 5.01. The Balaban J connectivity index is 2.25. The van der Waals surface area contributed by atoms with Crippen LogP contribution in [0.25, 0.3) is 0 Å². The summed E-state index contributed by atoms with van der Waals surface area (Å²) in [5.41, 5.74) is -0.373. The van der Waals surface area contributed by atoms with Crippen LogP contribution in [0.5, 0.6) is 5.75 Å². The number of rotatable bonds is 6. The number of carbonyl (C=O) groups is 2. The van der Waals surface area contributed by atoms with E-state index in [1.165, 1.54) is 0 Å². The summed E-state index contributed by atoms with van der Waals surface area (Å²) in [4.78, 5) is 24.3. The zero-order chi connectivity index (χ0) is 17.5. The first-order valence-electron chi connectivity index (χ1n) is 7.47. The highest BCUT2D eigenvalue weighted by molar-refractivity contribution is 9.10. The molecule has 23 heavy (non-hydrogen) atoms. The highest BCUT2D eigenvalue weighted by atomic mass is 79.9. The lowest BCUT2D eigenvalue weighted by Gasteiger charge is -2.20. The molecule has 7 heteroatoms. The number of hydrogen-bond acceptors (Lipinski definition) is 3. The summed E-state index contributed by atoms with van der Waals surface area (Å²) in [7, 11) is 1.88. The SMILES string of the molecule is C[NH+](CCOc1ccc(Br)cc1)CC(=O)NC(=O)NC(C)(C)C. The number of carbonyl (C=O) groups excluding carboxylic acids is 2. The van der Waals surface area contributed by atoms with Gasteiger partial charge in [-0.15, -0.1) is 0 Å². The third-order valence-electron chi connectivity index (χ3n) is 2.82. The second-order valence-electron chi connectivity index (χ2n) is 6.44. The van der Waals surface area contributed by atoms with E-state index in [-0.39, 0.29) is 18.0 Å². The van der Waals surface area contributed by atoms with Crippen LogP contribution in [0.2, 0.25) is 0 Å². The zero-order valence-electron chi connectivity index (χ0n) is 14.0. The maximum absolute atomic E-state index is 11.8. The lowest BCUT2D eigenvalue weighted by Crippen LogP contribution is -3.10. The molecule has 0 aromatic heterocycles. The van der Waals surface area contributed by atoms with Gasteiger partial charge in [0.1, 0.15) is 18.9 Å². The van der Waals surface area contributed by atoms with Gasteiger partial charge in [0.2, 0.25) is 0 Å². The average Bonchev–Trinajstić information content (AvgIpc) is 2.38. The summed E-state index contributed by atoms with van der Waals surface area (Å²) in [6, 6.07) is 7.10. The van der Waals surface area contributed by atoms with Crippen LogP contribution in [0, 0.1) is 0 Å². The maximum atomic E-state index is 11.8. The fourth-order valence-electron chi connectivity index (χ4n) is 1.78. The molecular formula is C16H25BrN3O3+. The Hall–Kier alpha value is -1.60. The Labute approximate surface area is 145 Å². The van der Waals surface area contributed by atoms with Gasteiger partial charge in [0, 0.05) is 10.0 Å². The zero-order valence-corrected chi connectivity index (χ0v) is 15.6. The molecule has 0 aliphatic rings. The molecule has 0 aliphatic carbocycles. The molecule has 0 heterocycles. The molecule has 1 atom stereocenters. The molecule has 0 aliphatic heterocycles. The van der Waals surface area contributed by atoms with Crippen molar-refractivity contribution in [2.45, 2.75) is 26.3 Å². The minimum atomic E-state index is -0.471. The van der Waals surface area contributed by atoms with E-state index in [1.807, 2.05) is 52.1 Å². The van der Waals surface area contributed by atoms with Crippen LogP contribution in [0.3, 0.4) is 0 Å².